The number of aromatic nitrogens is 1. The van der Waals surface area contributed by atoms with Gasteiger partial charge in [0, 0.05) is 27.0 Å². The Hall–Kier alpha value is -3.27. The molecule has 0 bridgehead atoms. The number of nitrogens with one attached hydrogen (secondary N) is 1. The average Bonchev–Trinajstić information content (AvgIpc) is 2.89. The quantitative estimate of drug-likeness (QED) is 0.256. The minimum atomic E-state index is -4.09. The summed E-state index contributed by atoms with van der Waals surface area (Å²) in [5, 5.41) is 2.33. The smallest absolute Gasteiger partial charge is 0.320 e. The van der Waals surface area contributed by atoms with E-state index in [2.05, 4.69) is 26.0 Å². The average molecular weight is 616 g/mol. The van der Waals surface area contributed by atoms with Gasteiger partial charge in [-0.25, -0.2) is 13.4 Å². The minimum absolute atomic E-state index is 0.209. The molecule has 38 heavy (non-hydrogen) atoms. The Morgan fingerprint density at radius 3 is 2.42 bits per heavy atom. The van der Waals surface area contributed by atoms with E-state index in [4.69, 9.17) is 16.6 Å². The highest BCUT2D eigenvalue weighted by Crippen LogP contribution is 2.32. The second-order valence-corrected chi connectivity index (χ2v) is 12.1. The summed E-state index contributed by atoms with van der Waals surface area (Å²) in [5.41, 5.74) is 3.40. The molecule has 0 aliphatic heterocycles. The Morgan fingerprint density at radius 2 is 1.74 bits per heavy atom. The van der Waals surface area contributed by atoms with Crippen LogP contribution >= 0.6 is 27.5 Å². The number of amides is 1. The standard InChI is InChI=1S/C28H24BrClN2O5S/c1-17-26(21-14-19(29)12-13-23(21)32-27(17)18-8-4-3-5-9-18)28(34)31-15-24(20-10-6-7-11-22(20)30)38(35,36)16-25(33)37-2/h3-14,24H,15-16H2,1-2H3,(H,31,34). The number of methoxy groups -OCH3 is 1. The number of hydrogen-bond acceptors (Lipinski definition) is 6. The van der Waals surface area contributed by atoms with Crippen molar-refractivity contribution in [1.82, 2.24) is 10.3 Å². The number of sulfone groups is 1. The van der Waals surface area contributed by atoms with Crippen LogP contribution in [0, 0.1) is 6.92 Å². The van der Waals surface area contributed by atoms with E-state index in [0.717, 1.165) is 17.1 Å². The molecule has 1 amide bonds. The molecule has 196 valence electrons. The van der Waals surface area contributed by atoms with Crippen molar-refractivity contribution in [2.24, 2.45) is 0 Å². The second kappa shape index (κ2) is 11.6. The van der Waals surface area contributed by atoms with Gasteiger partial charge < -0.3 is 10.1 Å². The van der Waals surface area contributed by atoms with E-state index in [1.807, 2.05) is 49.4 Å². The maximum Gasteiger partial charge on any atom is 0.320 e. The predicted octanol–water partition coefficient (Wildman–Crippen LogP) is 5.69. The number of rotatable bonds is 8. The zero-order chi connectivity index (χ0) is 27.4. The maximum absolute atomic E-state index is 13.7. The second-order valence-electron chi connectivity index (χ2n) is 8.59. The molecule has 1 aromatic heterocycles. The number of fused-ring (bicyclic) bond motifs is 1. The number of halogens is 2. The van der Waals surface area contributed by atoms with Crippen molar-refractivity contribution in [3.8, 4) is 11.3 Å². The van der Waals surface area contributed by atoms with Gasteiger partial charge in [-0.2, -0.15) is 0 Å². The van der Waals surface area contributed by atoms with Crippen molar-refractivity contribution in [3.05, 3.63) is 99.0 Å². The normalized spacial score (nSPS) is 12.2. The van der Waals surface area contributed by atoms with E-state index < -0.39 is 32.7 Å². The van der Waals surface area contributed by atoms with Crippen molar-refractivity contribution in [2.75, 3.05) is 19.4 Å². The van der Waals surface area contributed by atoms with Crippen molar-refractivity contribution >= 4 is 60.1 Å². The first-order valence-corrected chi connectivity index (χ1v) is 14.5. The predicted molar refractivity (Wildman–Crippen MR) is 152 cm³/mol. The maximum atomic E-state index is 13.7. The van der Waals surface area contributed by atoms with Gasteiger partial charge in [0.2, 0.25) is 0 Å². The van der Waals surface area contributed by atoms with Gasteiger partial charge in [-0.1, -0.05) is 76.1 Å². The van der Waals surface area contributed by atoms with Gasteiger partial charge in [0.25, 0.3) is 5.91 Å². The van der Waals surface area contributed by atoms with E-state index in [0.29, 0.717) is 27.7 Å². The van der Waals surface area contributed by atoms with Crippen molar-refractivity contribution < 1.29 is 22.7 Å². The Bertz CT molecular complexity index is 1630. The number of benzene rings is 3. The van der Waals surface area contributed by atoms with Crippen molar-refractivity contribution in [3.63, 3.8) is 0 Å². The summed E-state index contributed by atoms with van der Waals surface area (Å²) in [6.07, 6.45) is 0. The number of ether oxygens (including phenoxy) is 1. The van der Waals surface area contributed by atoms with E-state index in [9.17, 15) is 18.0 Å². The molecule has 10 heteroatoms. The molecule has 1 heterocycles. The number of pyridine rings is 1. The molecule has 0 aliphatic rings. The zero-order valence-corrected chi connectivity index (χ0v) is 23.7. The lowest BCUT2D eigenvalue weighted by Crippen LogP contribution is -2.35. The number of carbonyl (C=O) groups excluding carboxylic acids is 2. The highest BCUT2D eigenvalue weighted by Gasteiger charge is 2.32. The van der Waals surface area contributed by atoms with E-state index >= 15 is 0 Å². The highest BCUT2D eigenvalue weighted by molar-refractivity contribution is 9.10. The van der Waals surface area contributed by atoms with Gasteiger partial charge >= 0.3 is 5.97 Å². The molecule has 7 nitrogen and oxygen atoms in total. The molecule has 1 unspecified atom stereocenters. The van der Waals surface area contributed by atoms with Gasteiger partial charge in [0.15, 0.2) is 9.84 Å². The number of hydrogen-bond donors (Lipinski definition) is 1. The highest BCUT2D eigenvalue weighted by atomic mass is 79.9. The van der Waals surface area contributed by atoms with Crippen LogP contribution in [0.25, 0.3) is 22.2 Å². The fraction of sp³-hybridized carbons (Fsp3) is 0.179. The molecule has 0 fully saturated rings. The summed E-state index contributed by atoms with van der Waals surface area (Å²) in [5.74, 6) is -2.23. The van der Waals surface area contributed by atoms with Crippen LogP contribution in [-0.2, 0) is 19.4 Å². The lowest BCUT2D eigenvalue weighted by atomic mass is 9.97. The molecule has 0 spiro atoms. The molecule has 1 atom stereocenters. The molecule has 0 radical (unpaired) electrons. The molecule has 0 saturated carbocycles. The molecule has 4 rings (SSSR count). The molecule has 0 aliphatic carbocycles. The lowest BCUT2D eigenvalue weighted by Gasteiger charge is -2.20. The van der Waals surface area contributed by atoms with Gasteiger partial charge in [0.05, 0.1) is 23.9 Å². The van der Waals surface area contributed by atoms with Crippen molar-refractivity contribution in [1.29, 1.82) is 0 Å². The fourth-order valence-corrected chi connectivity index (χ4v) is 6.54. The molecular weight excluding hydrogens is 592 g/mol. The third kappa shape index (κ3) is 5.90. The third-order valence-electron chi connectivity index (χ3n) is 6.15. The largest absolute Gasteiger partial charge is 0.468 e. The zero-order valence-electron chi connectivity index (χ0n) is 20.6. The van der Waals surface area contributed by atoms with Crippen LogP contribution in [0.15, 0.2) is 77.3 Å². The number of nitrogens with zero attached hydrogens (tertiary/aromatic N) is 1. The Morgan fingerprint density at radius 1 is 1.05 bits per heavy atom. The van der Waals surface area contributed by atoms with Crippen LogP contribution < -0.4 is 5.32 Å². The summed E-state index contributed by atoms with van der Waals surface area (Å²) in [6.45, 7) is 1.50. The van der Waals surface area contributed by atoms with Gasteiger partial charge in [0.1, 0.15) is 11.0 Å². The monoisotopic (exact) mass is 614 g/mol. The SMILES string of the molecule is COC(=O)CS(=O)(=O)C(CNC(=O)c1c(C)c(-c2ccccc2)nc2ccc(Br)cc12)c1ccccc1Cl. The summed E-state index contributed by atoms with van der Waals surface area (Å²) in [6, 6.07) is 21.4. The number of carbonyl (C=O) groups is 2. The van der Waals surface area contributed by atoms with Gasteiger partial charge in [-0.05, 0) is 42.3 Å². The molecule has 4 aromatic rings. The Kier molecular flexibility index (Phi) is 8.50. The summed E-state index contributed by atoms with van der Waals surface area (Å²) in [4.78, 5) is 30.4. The van der Waals surface area contributed by atoms with Crippen LogP contribution in [-0.4, -0.2) is 44.7 Å². The lowest BCUT2D eigenvalue weighted by molar-refractivity contribution is -0.137. The minimum Gasteiger partial charge on any atom is -0.468 e. The first-order valence-electron chi connectivity index (χ1n) is 11.6. The van der Waals surface area contributed by atoms with Crippen LogP contribution in [0.3, 0.4) is 0 Å². The van der Waals surface area contributed by atoms with E-state index in [1.54, 1.807) is 30.3 Å². The summed E-state index contributed by atoms with van der Waals surface area (Å²) >= 11 is 9.79. The van der Waals surface area contributed by atoms with Gasteiger partial charge in [-0.15, -0.1) is 0 Å². The number of esters is 1. The molecule has 0 saturated heterocycles. The van der Waals surface area contributed by atoms with Crippen LogP contribution in [0.2, 0.25) is 5.02 Å². The van der Waals surface area contributed by atoms with E-state index in [-0.39, 0.29) is 17.1 Å². The topological polar surface area (TPSA) is 102 Å². The Balaban J connectivity index is 1.77. The van der Waals surface area contributed by atoms with E-state index in [1.165, 1.54) is 0 Å². The summed E-state index contributed by atoms with van der Waals surface area (Å²) in [7, 11) is -2.98. The third-order valence-corrected chi connectivity index (χ3v) is 8.91. The first kappa shape index (κ1) is 27.8. The summed E-state index contributed by atoms with van der Waals surface area (Å²) < 4.78 is 31.8. The Labute approximate surface area is 234 Å². The van der Waals surface area contributed by atoms with Crippen LogP contribution in [0.4, 0.5) is 0 Å². The van der Waals surface area contributed by atoms with Crippen molar-refractivity contribution in [2.45, 2.75) is 12.2 Å². The molecule has 1 N–H and O–H groups in total. The molecule has 3 aromatic carbocycles. The van der Waals surface area contributed by atoms with Crippen LogP contribution in [0.5, 0.6) is 0 Å². The first-order chi connectivity index (χ1) is 18.1. The fourth-order valence-electron chi connectivity index (χ4n) is 4.26. The molecular formula is C28H24BrClN2O5S. The van der Waals surface area contributed by atoms with Gasteiger partial charge in [-0.3, -0.25) is 9.59 Å². The van der Waals surface area contributed by atoms with Crippen LogP contribution in [0.1, 0.15) is 26.7 Å².